The Bertz CT molecular complexity index is 149. The molecular formula is C5H7NO4Pd. The maximum Gasteiger partial charge on any atom is 2.00 e. The molecule has 66 valence electrons. The predicted molar refractivity (Wildman–Crippen MR) is 27.2 cm³/mol. The average Bonchev–Trinajstić information content (AvgIpc) is 1.82. The van der Waals surface area contributed by atoms with Crippen LogP contribution in [0.15, 0.2) is 0 Å². The van der Waals surface area contributed by atoms with Gasteiger partial charge in [0, 0.05) is 12.0 Å². The number of carbonyl (C=O) groups is 2. The number of carboxylic acids is 2. The second kappa shape index (κ2) is 6.28. The van der Waals surface area contributed by atoms with Crippen LogP contribution in [0, 0.1) is 0 Å². The van der Waals surface area contributed by atoms with E-state index in [4.69, 9.17) is 5.73 Å². The summed E-state index contributed by atoms with van der Waals surface area (Å²) in [5.74, 6) is -2.75. The molecule has 1 unspecified atom stereocenters. The third kappa shape index (κ3) is 7.46. The minimum Gasteiger partial charge on any atom is -0.550 e. The van der Waals surface area contributed by atoms with Crippen LogP contribution in [-0.4, -0.2) is 18.0 Å². The van der Waals surface area contributed by atoms with Crippen molar-refractivity contribution in [1.29, 1.82) is 0 Å². The molecule has 0 aliphatic rings. The van der Waals surface area contributed by atoms with Crippen molar-refractivity contribution in [1.82, 2.24) is 0 Å². The van der Waals surface area contributed by atoms with Crippen LogP contribution in [0.2, 0.25) is 0 Å². The molecule has 2 N–H and O–H groups in total. The van der Waals surface area contributed by atoms with Gasteiger partial charge in [0.05, 0.1) is 5.97 Å². The zero-order valence-electron chi connectivity index (χ0n) is 5.52. The van der Waals surface area contributed by atoms with E-state index in [0.717, 1.165) is 0 Å². The van der Waals surface area contributed by atoms with Crippen LogP contribution >= 0.6 is 0 Å². The second-order valence-electron chi connectivity index (χ2n) is 1.84. The van der Waals surface area contributed by atoms with Gasteiger partial charge in [-0.05, 0) is 12.8 Å². The van der Waals surface area contributed by atoms with Crippen molar-refractivity contribution in [3.63, 3.8) is 0 Å². The van der Waals surface area contributed by atoms with E-state index >= 15 is 0 Å². The molecule has 0 aliphatic heterocycles. The summed E-state index contributed by atoms with van der Waals surface area (Å²) in [6, 6.07) is -1.21. The van der Waals surface area contributed by atoms with Crippen molar-refractivity contribution >= 4 is 11.9 Å². The van der Waals surface area contributed by atoms with Crippen LogP contribution in [0.3, 0.4) is 0 Å². The molecule has 0 fully saturated rings. The molecule has 0 aliphatic carbocycles. The summed E-state index contributed by atoms with van der Waals surface area (Å²) in [6.07, 6.45) is -0.500. The summed E-state index contributed by atoms with van der Waals surface area (Å²) in [5.41, 5.74) is 4.91. The van der Waals surface area contributed by atoms with E-state index < -0.39 is 18.0 Å². The van der Waals surface area contributed by atoms with Crippen LogP contribution in [0.1, 0.15) is 12.8 Å². The third-order valence-electron chi connectivity index (χ3n) is 0.962. The van der Waals surface area contributed by atoms with Gasteiger partial charge in [0.1, 0.15) is 0 Å². The van der Waals surface area contributed by atoms with Gasteiger partial charge in [-0.2, -0.15) is 0 Å². The molecule has 0 aromatic rings. The number of carbonyl (C=O) groups excluding carboxylic acids is 2. The molecule has 0 bridgehead atoms. The third-order valence-corrected chi connectivity index (χ3v) is 0.962. The van der Waals surface area contributed by atoms with Crippen LogP contribution < -0.4 is 15.9 Å². The smallest absolute Gasteiger partial charge is 0.550 e. The first-order valence-electron chi connectivity index (χ1n) is 2.70. The van der Waals surface area contributed by atoms with Crippen LogP contribution in [0.25, 0.3) is 0 Å². The minimum absolute atomic E-state index is 0. The van der Waals surface area contributed by atoms with E-state index in [1.165, 1.54) is 0 Å². The Kier molecular flexibility index (Phi) is 7.53. The largest absolute Gasteiger partial charge is 2.00 e. The van der Waals surface area contributed by atoms with Gasteiger partial charge in [-0.1, -0.05) is 0 Å². The average molecular weight is 252 g/mol. The summed E-state index contributed by atoms with van der Waals surface area (Å²) in [6.45, 7) is 0. The number of carboxylic acid groups (broad SMARTS) is 2. The number of aliphatic carboxylic acids is 2. The first kappa shape index (κ1) is 13.2. The zero-order chi connectivity index (χ0) is 8.15. The quantitative estimate of drug-likeness (QED) is 0.524. The fourth-order valence-electron chi connectivity index (χ4n) is 0.391. The number of hydrogen-bond donors (Lipinski definition) is 1. The fourth-order valence-corrected chi connectivity index (χ4v) is 0.391. The van der Waals surface area contributed by atoms with E-state index in [2.05, 4.69) is 0 Å². The SMILES string of the molecule is NC(CCC(=O)[O-])C(=O)[O-].[Pd+2]. The normalized spacial score (nSPS) is 11.4. The van der Waals surface area contributed by atoms with Crippen molar-refractivity contribution in [2.75, 3.05) is 0 Å². The summed E-state index contributed by atoms with van der Waals surface area (Å²) in [5, 5.41) is 19.6. The number of rotatable bonds is 4. The van der Waals surface area contributed by atoms with Crippen LogP contribution in [-0.2, 0) is 30.0 Å². The maximum absolute atomic E-state index is 9.86. The predicted octanol–water partition coefficient (Wildman–Crippen LogP) is -3.41. The molecule has 11 heavy (non-hydrogen) atoms. The van der Waals surface area contributed by atoms with Gasteiger partial charge in [0.2, 0.25) is 0 Å². The minimum atomic E-state index is -1.44. The Morgan fingerprint density at radius 1 is 1.36 bits per heavy atom. The van der Waals surface area contributed by atoms with Crippen molar-refractivity contribution in [2.45, 2.75) is 18.9 Å². The van der Waals surface area contributed by atoms with Gasteiger partial charge in [-0.15, -0.1) is 0 Å². The van der Waals surface area contributed by atoms with Gasteiger partial charge in [-0.3, -0.25) is 0 Å². The molecule has 0 radical (unpaired) electrons. The molecule has 0 rings (SSSR count). The molecule has 1 atom stereocenters. The van der Waals surface area contributed by atoms with E-state index in [1.807, 2.05) is 0 Å². The Morgan fingerprint density at radius 3 is 2.09 bits per heavy atom. The van der Waals surface area contributed by atoms with Gasteiger partial charge in [0.15, 0.2) is 0 Å². The Hall–Kier alpha value is -0.438. The van der Waals surface area contributed by atoms with E-state index in [0.29, 0.717) is 0 Å². The summed E-state index contributed by atoms with van der Waals surface area (Å²) in [4.78, 5) is 19.6. The molecular weight excluding hydrogens is 244 g/mol. The molecule has 0 amide bonds. The zero-order valence-corrected chi connectivity index (χ0v) is 7.07. The second-order valence-corrected chi connectivity index (χ2v) is 1.84. The molecule has 0 heterocycles. The van der Waals surface area contributed by atoms with E-state index in [9.17, 15) is 19.8 Å². The summed E-state index contributed by atoms with van der Waals surface area (Å²) in [7, 11) is 0. The monoisotopic (exact) mass is 251 g/mol. The number of hydrogen-bond acceptors (Lipinski definition) is 5. The first-order valence-corrected chi connectivity index (χ1v) is 2.70. The molecule has 0 aromatic carbocycles. The van der Waals surface area contributed by atoms with Gasteiger partial charge >= 0.3 is 20.4 Å². The topological polar surface area (TPSA) is 106 Å². The molecule has 0 spiro atoms. The van der Waals surface area contributed by atoms with Gasteiger partial charge in [0.25, 0.3) is 0 Å². The van der Waals surface area contributed by atoms with Crippen molar-refractivity contribution in [3.8, 4) is 0 Å². The molecule has 5 nitrogen and oxygen atoms in total. The summed E-state index contributed by atoms with van der Waals surface area (Å²) < 4.78 is 0. The van der Waals surface area contributed by atoms with Crippen LogP contribution in [0.5, 0.6) is 0 Å². The first-order chi connectivity index (χ1) is 4.54. The Balaban J connectivity index is 0. The van der Waals surface area contributed by atoms with Crippen molar-refractivity contribution in [2.24, 2.45) is 5.73 Å². The Labute approximate surface area is 77.2 Å². The molecule has 0 saturated carbocycles. The fraction of sp³-hybridized carbons (Fsp3) is 0.600. The van der Waals surface area contributed by atoms with E-state index in [1.54, 1.807) is 0 Å². The van der Waals surface area contributed by atoms with Crippen LogP contribution in [0.4, 0.5) is 0 Å². The van der Waals surface area contributed by atoms with Gasteiger partial charge in [-0.25, -0.2) is 0 Å². The summed E-state index contributed by atoms with van der Waals surface area (Å²) >= 11 is 0. The molecule has 0 aromatic heterocycles. The number of nitrogens with two attached hydrogens (primary N) is 1. The maximum atomic E-state index is 9.86. The van der Waals surface area contributed by atoms with E-state index in [-0.39, 0.29) is 33.3 Å². The van der Waals surface area contributed by atoms with Crippen molar-refractivity contribution in [3.05, 3.63) is 0 Å². The molecule has 0 saturated heterocycles. The van der Waals surface area contributed by atoms with Gasteiger partial charge < -0.3 is 25.5 Å². The molecule has 6 heteroatoms. The standard InChI is InChI=1S/C5H9NO4.Pd/c6-3(5(9)10)1-2-4(7)8;/h3H,1-2,6H2,(H,7,8)(H,9,10);/q;+2/p-2. The van der Waals surface area contributed by atoms with Crippen molar-refractivity contribution < 1.29 is 40.2 Å². The Morgan fingerprint density at radius 2 is 1.82 bits per heavy atom.